The third-order valence-electron chi connectivity index (χ3n) is 7.26. The van der Waals surface area contributed by atoms with Gasteiger partial charge in [0.1, 0.15) is 11.4 Å². The van der Waals surface area contributed by atoms with E-state index >= 15 is 0 Å². The highest BCUT2D eigenvalue weighted by Gasteiger charge is 2.48. The molecule has 43 heavy (non-hydrogen) atoms. The van der Waals surface area contributed by atoms with Crippen molar-refractivity contribution >= 4 is 24.6 Å². The lowest BCUT2D eigenvalue weighted by Gasteiger charge is -2.29. The van der Waals surface area contributed by atoms with E-state index in [4.69, 9.17) is 9.57 Å². The first kappa shape index (κ1) is 31.8. The van der Waals surface area contributed by atoms with Crippen LogP contribution in [0.4, 0.5) is 0 Å². The van der Waals surface area contributed by atoms with E-state index in [1.54, 1.807) is 23.9 Å². The maximum absolute atomic E-state index is 13.7. The highest BCUT2D eigenvalue weighted by Crippen LogP contribution is 2.31. The Labute approximate surface area is 252 Å². The molecule has 0 fully saturated rings. The standard InChI is InChI=1S/C31H40BN5O6/c1-20(2)14-28(32(40)41)34-30(39)31(17-22-10-9-13-25(15-22)42-5)18-24(36-43-31)19-33-29(38)27-16-26(35-37(27)21(3)4)23-11-7-6-8-12-23/h6-13,15-16,20-21,28,40-41H,14,17-19H2,1-5H3,(H,33,38)(H,34,39)/t28-,31?/m0/s1. The molecule has 11 nitrogen and oxygen atoms in total. The summed E-state index contributed by atoms with van der Waals surface area (Å²) in [6.07, 6.45) is 0.593. The summed E-state index contributed by atoms with van der Waals surface area (Å²) < 4.78 is 7.03. The molecule has 0 bridgehead atoms. The van der Waals surface area contributed by atoms with Crippen LogP contribution >= 0.6 is 0 Å². The number of nitrogens with zero attached hydrogens (tertiary/aromatic N) is 3. The molecule has 2 atom stereocenters. The third-order valence-corrected chi connectivity index (χ3v) is 7.26. The Hall–Kier alpha value is -4.16. The number of amides is 2. The fourth-order valence-electron chi connectivity index (χ4n) is 5.09. The van der Waals surface area contributed by atoms with Gasteiger partial charge in [0.25, 0.3) is 11.8 Å². The molecular weight excluding hydrogens is 549 g/mol. The number of nitrogens with one attached hydrogen (secondary N) is 2. The summed E-state index contributed by atoms with van der Waals surface area (Å²) in [6, 6.07) is 18.6. The quantitative estimate of drug-likeness (QED) is 0.224. The van der Waals surface area contributed by atoms with E-state index < -0.39 is 24.6 Å². The van der Waals surface area contributed by atoms with Gasteiger partial charge >= 0.3 is 7.12 Å². The zero-order valence-corrected chi connectivity index (χ0v) is 25.3. The molecule has 1 aromatic heterocycles. The molecule has 1 unspecified atom stereocenters. The summed E-state index contributed by atoms with van der Waals surface area (Å²) in [7, 11) is -0.182. The van der Waals surface area contributed by atoms with Gasteiger partial charge < -0.3 is 30.3 Å². The Kier molecular flexibility index (Phi) is 10.3. The van der Waals surface area contributed by atoms with Gasteiger partial charge in [-0.2, -0.15) is 5.10 Å². The second-order valence-electron chi connectivity index (χ2n) is 11.6. The SMILES string of the molecule is COc1cccc(CC2(C(=O)N[C@@H](CC(C)C)B(O)O)CC(CNC(=O)c3cc(-c4ccccc4)nn3C(C)C)=NO2)c1. The number of carbonyl (C=O) groups is 2. The van der Waals surface area contributed by atoms with Crippen LogP contribution in [0.25, 0.3) is 11.3 Å². The molecule has 1 aliphatic rings. The highest BCUT2D eigenvalue weighted by atomic mass is 16.7. The van der Waals surface area contributed by atoms with Crippen LogP contribution in [0.3, 0.4) is 0 Å². The summed E-state index contributed by atoms with van der Waals surface area (Å²) in [5, 5.41) is 34.4. The summed E-state index contributed by atoms with van der Waals surface area (Å²) in [6.45, 7) is 7.81. The molecule has 12 heteroatoms. The predicted octanol–water partition coefficient (Wildman–Crippen LogP) is 3.17. The second-order valence-corrected chi connectivity index (χ2v) is 11.6. The monoisotopic (exact) mass is 589 g/mol. The van der Waals surface area contributed by atoms with E-state index in [0.717, 1.165) is 11.1 Å². The van der Waals surface area contributed by atoms with Gasteiger partial charge in [0.2, 0.25) is 5.60 Å². The van der Waals surface area contributed by atoms with Gasteiger partial charge in [0.05, 0.1) is 31.0 Å². The second kappa shape index (κ2) is 13.9. The van der Waals surface area contributed by atoms with Gasteiger partial charge in [-0.05, 0) is 49.9 Å². The number of methoxy groups -OCH3 is 1. The molecule has 4 N–H and O–H groups in total. The largest absolute Gasteiger partial charge is 0.497 e. The summed E-state index contributed by atoms with van der Waals surface area (Å²) in [5.74, 6) is -1.02. The minimum atomic E-state index is -1.74. The first-order chi connectivity index (χ1) is 20.5. The van der Waals surface area contributed by atoms with Crippen molar-refractivity contribution in [2.24, 2.45) is 11.1 Å². The van der Waals surface area contributed by atoms with Crippen molar-refractivity contribution in [2.45, 2.75) is 64.5 Å². The number of hydrogen-bond acceptors (Lipinski definition) is 8. The minimum absolute atomic E-state index is 0.0496. The maximum atomic E-state index is 13.7. The van der Waals surface area contributed by atoms with Crippen LogP contribution in [0, 0.1) is 5.92 Å². The van der Waals surface area contributed by atoms with Crippen molar-refractivity contribution < 1.29 is 29.2 Å². The van der Waals surface area contributed by atoms with E-state index in [9.17, 15) is 19.6 Å². The molecule has 3 aromatic rings. The van der Waals surface area contributed by atoms with Crippen LogP contribution < -0.4 is 15.4 Å². The van der Waals surface area contributed by atoms with E-state index in [2.05, 4.69) is 20.9 Å². The van der Waals surface area contributed by atoms with E-state index in [1.807, 2.05) is 76.2 Å². The van der Waals surface area contributed by atoms with Crippen molar-refractivity contribution in [3.63, 3.8) is 0 Å². The van der Waals surface area contributed by atoms with Crippen molar-refractivity contribution in [3.8, 4) is 17.0 Å². The number of rotatable bonds is 13. The first-order valence-electron chi connectivity index (χ1n) is 14.5. The van der Waals surface area contributed by atoms with Gasteiger partial charge in [-0.15, -0.1) is 0 Å². The van der Waals surface area contributed by atoms with E-state index in [1.165, 1.54) is 0 Å². The molecule has 0 aliphatic carbocycles. The Bertz CT molecular complexity index is 1440. The van der Waals surface area contributed by atoms with Gasteiger partial charge in [-0.3, -0.25) is 14.3 Å². The summed E-state index contributed by atoms with van der Waals surface area (Å²) >= 11 is 0. The van der Waals surface area contributed by atoms with E-state index in [0.29, 0.717) is 29.3 Å². The van der Waals surface area contributed by atoms with Crippen LogP contribution in [-0.4, -0.2) is 69.7 Å². The molecule has 2 amide bonds. The number of hydrogen-bond donors (Lipinski definition) is 4. The first-order valence-corrected chi connectivity index (χ1v) is 14.5. The Morgan fingerprint density at radius 1 is 1.09 bits per heavy atom. The average molecular weight is 590 g/mol. The number of carbonyl (C=O) groups excluding carboxylic acids is 2. The molecule has 1 aliphatic heterocycles. The van der Waals surface area contributed by atoms with Crippen LogP contribution in [-0.2, 0) is 16.1 Å². The van der Waals surface area contributed by atoms with Gasteiger partial charge in [0, 0.05) is 24.4 Å². The smallest absolute Gasteiger partial charge is 0.475 e. The molecule has 0 saturated heterocycles. The lowest BCUT2D eigenvalue weighted by atomic mass is 9.74. The van der Waals surface area contributed by atoms with Gasteiger partial charge in [-0.1, -0.05) is 61.5 Å². The summed E-state index contributed by atoms with van der Waals surface area (Å²) in [5.41, 5.74) is 1.78. The van der Waals surface area contributed by atoms with Crippen LogP contribution in [0.1, 0.15) is 62.6 Å². The predicted molar refractivity (Wildman–Crippen MR) is 165 cm³/mol. The molecule has 0 saturated carbocycles. The third kappa shape index (κ3) is 7.82. The Morgan fingerprint density at radius 3 is 2.49 bits per heavy atom. The highest BCUT2D eigenvalue weighted by molar-refractivity contribution is 6.43. The number of oxime groups is 1. The van der Waals surface area contributed by atoms with Crippen molar-refractivity contribution in [1.82, 2.24) is 20.4 Å². The number of benzene rings is 2. The molecular formula is C31H40BN5O6. The summed E-state index contributed by atoms with van der Waals surface area (Å²) in [4.78, 5) is 32.9. The fourth-order valence-corrected chi connectivity index (χ4v) is 5.09. The fraction of sp³-hybridized carbons (Fsp3) is 0.419. The molecule has 2 aromatic carbocycles. The van der Waals surface area contributed by atoms with Crippen molar-refractivity contribution in [2.75, 3.05) is 13.7 Å². The lowest BCUT2D eigenvalue weighted by Crippen LogP contribution is -2.56. The van der Waals surface area contributed by atoms with Crippen LogP contribution in [0.15, 0.2) is 65.8 Å². The van der Waals surface area contributed by atoms with Crippen molar-refractivity contribution in [3.05, 3.63) is 71.9 Å². The Balaban J connectivity index is 1.52. The molecule has 228 valence electrons. The van der Waals surface area contributed by atoms with Crippen LogP contribution in [0.2, 0.25) is 0 Å². The molecule has 0 radical (unpaired) electrons. The lowest BCUT2D eigenvalue weighted by molar-refractivity contribution is -0.144. The Morgan fingerprint density at radius 2 is 1.84 bits per heavy atom. The van der Waals surface area contributed by atoms with E-state index in [-0.39, 0.29) is 37.3 Å². The van der Waals surface area contributed by atoms with Crippen molar-refractivity contribution in [1.29, 1.82) is 0 Å². The van der Waals surface area contributed by atoms with Crippen LogP contribution in [0.5, 0.6) is 5.75 Å². The molecule has 4 rings (SSSR count). The van der Waals surface area contributed by atoms with Gasteiger partial charge in [0.15, 0.2) is 0 Å². The number of aromatic nitrogens is 2. The minimum Gasteiger partial charge on any atom is -0.497 e. The molecule has 2 heterocycles. The average Bonchev–Trinajstić information content (AvgIpc) is 3.62. The number of ether oxygens (including phenoxy) is 1. The maximum Gasteiger partial charge on any atom is 0.475 e. The zero-order chi connectivity index (χ0) is 31.1. The topological polar surface area (TPSA) is 147 Å². The zero-order valence-electron chi connectivity index (χ0n) is 25.3. The normalized spacial score (nSPS) is 16.9. The molecule has 0 spiro atoms. The van der Waals surface area contributed by atoms with Gasteiger partial charge in [-0.25, -0.2) is 0 Å².